The molecule has 0 bridgehead atoms. The molecule has 2 aliphatic heterocycles. The summed E-state index contributed by atoms with van der Waals surface area (Å²) in [5, 5.41) is 19.1. The van der Waals surface area contributed by atoms with Gasteiger partial charge in [-0.25, -0.2) is 19.0 Å². The topological polar surface area (TPSA) is 150 Å². The van der Waals surface area contributed by atoms with Crippen molar-refractivity contribution in [3.05, 3.63) is 32.9 Å². The van der Waals surface area contributed by atoms with E-state index in [1.807, 2.05) is 0 Å². The number of halogens is 1. The zero-order valence-corrected chi connectivity index (χ0v) is 18.6. The van der Waals surface area contributed by atoms with Gasteiger partial charge in [0.25, 0.3) is 5.56 Å². The minimum atomic E-state index is -1.31. The molecule has 4 atom stereocenters. The molecule has 2 N–H and O–H groups in total. The van der Waals surface area contributed by atoms with Gasteiger partial charge in [-0.15, -0.1) is 0 Å². The lowest BCUT2D eigenvalue weighted by Gasteiger charge is -2.27. The van der Waals surface area contributed by atoms with Crippen LogP contribution >= 0.6 is 0 Å². The minimum absolute atomic E-state index is 0.116. The summed E-state index contributed by atoms with van der Waals surface area (Å²) in [5.74, 6) is -2.17. The van der Waals surface area contributed by atoms with Crippen molar-refractivity contribution >= 4 is 12.1 Å². The predicted octanol–water partition coefficient (Wildman–Crippen LogP) is -0.310. The lowest BCUT2D eigenvalue weighted by atomic mass is 10.2. The molecule has 0 aliphatic carbocycles. The first-order chi connectivity index (χ1) is 15.4. The first kappa shape index (κ1) is 24.9. The van der Waals surface area contributed by atoms with Crippen LogP contribution in [0.3, 0.4) is 0 Å². The Labute approximate surface area is 188 Å². The Morgan fingerprint density at radius 3 is 2.61 bits per heavy atom. The van der Waals surface area contributed by atoms with Crippen molar-refractivity contribution in [3.63, 3.8) is 0 Å². The van der Waals surface area contributed by atoms with Gasteiger partial charge in [-0.05, 0) is 33.6 Å². The Hall–Kier alpha value is -2.77. The number of hydrogen-bond acceptors (Lipinski definition) is 9. The van der Waals surface area contributed by atoms with Gasteiger partial charge in [0, 0.05) is 13.0 Å². The number of amides is 1. The number of ether oxygens (including phenoxy) is 3. The Balaban J connectivity index is 1.75. The zero-order chi connectivity index (χ0) is 24.5. The van der Waals surface area contributed by atoms with Crippen LogP contribution in [0.1, 0.15) is 46.3 Å². The maximum atomic E-state index is 14.2. The van der Waals surface area contributed by atoms with E-state index in [9.17, 15) is 33.8 Å². The highest BCUT2D eigenvalue weighted by atomic mass is 19.1. The second kappa shape index (κ2) is 9.61. The summed E-state index contributed by atoms with van der Waals surface area (Å²) >= 11 is 0. The van der Waals surface area contributed by atoms with E-state index in [2.05, 4.69) is 0 Å². The average Bonchev–Trinajstić information content (AvgIpc) is 3.36. The molecule has 2 fully saturated rings. The third kappa shape index (κ3) is 5.42. The van der Waals surface area contributed by atoms with E-state index >= 15 is 0 Å². The molecule has 13 heteroatoms. The molecule has 1 aromatic rings. The highest BCUT2D eigenvalue weighted by Crippen LogP contribution is 2.27. The second-order valence-corrected chi connectivity index (χ2v) is 8.94. The lowest BCUT2D eigenvalue weighted by Crippen LogP contribution is -2.46. The van der Waals surface area contributed by atoms with Gasteiger partial charge >= 0.3 is 17.8 Å². The van der Waals surface area contributed by atoms with E-state index in [4.69, 9.17) is 14.2 Å². The van der Waals surface area contributed by atoms with Crippen LogP contribution < -0.4 is 11.2 Å². The summed E-state index contributed by atoms with van der Waals surface area (Å²) in [7, 11) is 0. The molecule has 184 valence electrons. The highest BCUT2D eigenvalue weighted by Gasteiger charge is 2.38. The number of carbonyl (C=O) groups excluding carboxylic acids is 2. The van der Waals surface area contributed by atoms with E-state index in [0.717, 1.165) is 4.57 Å². The number of likely N-dealkylation sites (tertiary alicyclic amines) is 1. The Kier molecular flexibility index (Phi) is 7.24. The summed E-state index contributed by atoms with van der Waals surface area (Å²) < 4.78 is 31.1. The van der Waals surface area contributed by atoms with Crippen LogP contribution in [0.15, 0.2) is 15.8 Å². The third-order valence-electron chi connectivity index (χ3n) is 5.34. The molecule has 3 heterocycles. The van der Waals surface area contributed by atoms with E-state index in [1.54, 1.807) is 20.8 Å². The highest BCUT2D eigenvalue weighted by molar-refractivity contribution is 5.82. The van der Waals surface area contributed by atoms with E-state index in [1.165, 1.54) is 4.90 Å². The van der Waals surface area contributed by atoms with Gasteiger partial charge in [-0.3, -0.25) is 14.3 Å². The average molecular weight is 473 g/mol. The molecule has 0 radical (unpaired) electrons. The van der Waals surface area contributed by atoms with Gasteiger partial charge in [-0.1, -0.05) is 0 Å². The van der Waals surface area contributed by atoms with E-state index < -0.39 is 72.5 Å². The Morgan fingerprint density at radius 2 is 2.00 bits per heavy atom. The lowest BCUT2D eigenvalue weighted by molar-refractivity contribution is -0.153. The normalized spacial score (nSPS) is 25.3. The molecule has 0 unspecified atom stereocenters. The fourth-order valence-corrected chi connectivity index (χ4v) is 3.73. The van der Waals surface area contributed by atoms with Gasteiger partial charge in [0.1, 0.15) is 24.0 Å². The summed E-state index contributed by atoms with van der Waals surface area (Å²) in [5.41, 5.74) is -3.10. The van der Waals surface area contributed by atoms with E-state index in [0.29, 0.717) is 23.6 Å². The van der Waals surface area contributed by atoms with Crippen molar-refractivity contribution in [2.75, 3.05) is 13.2 Å². The summed E-state index contributed by atoms with van der Waals surface area (Å²) in [4.78, 5) is 51.1. The van der Waals surface area contributed by atoms with Crippen molar-refractivity contribution in [3.8, 4) is 0 Å². The Morgan fingerprint density at radius 1 is 1.30 bits per heavy atom. The first-order valence-electron chi connectivity index (χ1n) is 10.5. The van der Waals surface area contributed by atoms with Gasteiger partial charge < -0.3 is 24.4 Å². The fourth-order valence-electron chi connectivity index (χ4n) is 3.73. The number of aliphatic hydroxyl groups excluding tert-OH is 2. The molecule has 2 aliphatic rings. The van der Waals surface area contributed by atoms with E-state index in [-0.39, 0.29) is 13.0 Å². The summed E-state index contributed by atoms with van der Waals surface area (Å²) in [6.45, 7) is 3.94. The summed E-state index contributed by atoms with van der Waals surface area (Å²) in [6.07, 6.45) is -2.52. The first-order valence-corrected chi connectivity index (χ1v) is 10.5. The zero-order valence-electron chi connectivity index (χ0n) is 18.6. The molecule has 0 spiro atoms. The van der Waals surface area contributed by atoms with Crippen molar-refractivity contribution < 1.29 is 38.4 Å². The molecule has 12 nitrogen and oxygen atoms in total. The number of hydrogen-bond donors (Lipinski definition) is 2. The SMILES string of the molecule is CC(C)(C)OC(=O)N1CCC[C@H]1C(=O)OCn1c(=O)c(F)cn([C@H]2C[C@H](O)[C@@H](CO)O2)c1=O. The van der Waals surface area contributed by atoms with Crippen molar-refractivity contribution in [2.24, 2.45) is 0 Å². The number of esters is 1. The standard InChI is InChI=1S/C20H28FN3O9/c1-20(2,3)33-19(30)22-6-4-5-12(22)17(28)31-10-24-16(27)11(21)8-23(18(24)29)15-7-13(26)14(9-25)32-15/h8,12-15,25-26H,4-7,9-10H2,1-3H3/t12-,13-,14+,15+/m0/s1. The smallest absolute Gasteiger partial charge is 0.411 e. The maximum absolute atomic E-state index is 14.2. The molecule has 1 amide bonds. The van der Waals surface area contributed by atoms with Crippen molar-refractivity contribution in [2.45, 2.75) is 76.8 Å². The van der Waals surface area contributed by atoms with Crippen LogP contribution in [-0.4, -0.2) is 73.3 Å². The molecule has 0 aromatic carbocycles. The van der Waals surface area contributed by atoms with Crippen LogP contribution in [0.2, 0.25) is 0 Å². The van der Waals surface area contributed by atoms with Crippen LogP contribution in [0.5, 0.6) is 0 Å². The number of aromatic nitrogens is 2. The number of carbonyl (C=O) groups is 2. The molecule has 2 saturated heterocycles. The largest absolute Gasteiger partial charge is 0.444 e. The van der Waals surface area contributed by atoms with Gasteiger partial charge in [0.15, 0.2) is 6.73 Å². The van der Waals surface area contributed by atoms with Crippen LogP contribution in [0.25, 0.3) is 0 Å². The molecule has 0 saturated carbocycles. The number of nitrogens with zero attached hydrogens (tertiary/aromatic N) is 3. The van der Waals surface area contributed by atoms with Crippen LogP contribution in [0, 0.1) is 5.82 Å². The Bertz CT molecular complexity index is 1020. The predicted molar refractivity (Wildman–Crippen MR) is 109 cm³/mol. The minimum Gasteiger partial charge on any atom is -0.444 e. The molecule has 3 rings (SSSR count). The molecule has 1 aromatic heterocycles. The summed E-state index contributed by atoms with van der Waals surface area (Å²) in [6, 6.07) is -0.968. The van der Waals surface area contributed by atoms with Gasteiger partial charge in [-0.2, -0.15) is 4.39 Å². The van der Waals surface area contributed by atoms with Crippen LogP contribution in [0.4, 0.5) is 9.18 Å². The molecular weight excluding hydrogens is 445 g/mol. The number of aliphatic hydroxyl groups is 2. The van der Waals surface area contributed by atoms with Gasteiger partial charge in [0.05, 0.1) is 18.9 Å². The van der Waals surface area contributed by atoms with Crippen molar-refractivity contribution in [1.29, 1.82) is 0 Å². The maximum Gasteiger partial charge on any atom is 0.411 e. The van der Waals surface area contributed by atoms with Gasteiger partial charge in [0.2, 0.25) is 5.82 Å². The second-order valence-electron chi connectivity index (χ2n) is 8.94. The molecular formula is C20H28FN3O9. The van der Waals surface area contributed by atoms with Crippen molar-refractivity contribution in [1.82, 2.24) is 14.0 Å². The monoisotopic (exact) mass is 473 g/mol. The fraction of sp³-hybridized carbons (Fsp3) is 0.700. The van der Waals surface area contributed by atoms with Crippen LogP contribution in [-0.2, 0) is 25.7 Å². The molecule has 33 heavy (non-hydrogen) atoms. The third-order valence-corrected chi connectivity index (χ3v) is 5.34. The quantitative estimate of drug-likeness (QED) is 0.549. The number of rotatable bonds is 5.